The van der Waals surface area contributed by atoms with Gasteiger partial charge < -0.3 is 13.6 Å². The zero-order chi connectivity index (χ0) is 27.2. The summed E-state index contributed by atoms with van der Waals surface area (Å²) in [6, 6.07) is 33.9. The minimum absolute atomic E-state index is 0.858. The maximum atomic E-state index is 6.33. The quantitative estimate of drug-likeness (QED) is 0.220. The van der Waals surface area contributed by atoms with Gasteiger partial charge in [-0.3, -0.25) is 9.97 Å². The summed E-state index contributed by atoms with van der Waals surface area (Å²) >= 11 is 4.59. The van der Waals surface area contributed by atoms with E-state index in [0.717, 1.165) is 82.1 Å². The molecule has 9 aromatic rings. The van der Waals surface area contributed by atoms with Gasteiger partial charge in [0.15, 0.2) is 0 Å². The minimum Gasteiger partial charge on any atom is -0.456 e. The molecule has 0 aliphatic carbocycles. The van der Waals surface area contributed by atoms with Crippen LogP contribution in [-0.2, 0) is 0 Å². The third kappa shape index (κ3) is 3.19. The van der Waals surface area contributed by atoms with E-state index in [-0.39, 0.29) is 0 Å². The summed E-state index contributed by atoms with van der Waals surface area (Å²) in [5.41, 5.74) is 11.4. The van der Waals surface area contributed by atoms with Crippen molar-refractivity contribution in [3.8, 4) is 11.4 Å². The largest absolute Gasteiger partial charge is 0.456 e. The molecule has 6 heteroatoms. The molecule has 9 rings (SSSR count). The first-order chi connectivity index (χ1) is 20.1. The molecule has 0 spiro atoms. The molecule has 0 aliphatic rings. The molecule has 0 fully saturated rings. The van der Waals surface area contributed by atoms with Crippen molar-refractivity contribution >= 4 is 78.4 Å². The number of benzene rings is 4. The van der Waals surface area contributed by atoms with Crippen molar-refractivity contribution in [2.24, 2.45) is 0 Å². The number of hydrogen-bond acceptors (Lipinski definition) is 4. The lowest BCUT2D eigenvalue weighted by atomic mass is 10.1. The van der Waals surface area contributed by atoms with Crippen LogP contribution in [-0.4, -0.2) is 19.1 Å². The van der Waals surface area contributed by atoms with Crippen LogP contribution in [0.15, 0.2) is 119 Å². The normalized spacial score (nSPS) is 12.1. The monoisotopic (exact) mass is 546 g/mol. The van der Waals surface area contributed by atoms with Crippen LogP contribution >= 0.6 is 12.6 Å². The fourth-order valence-corrected chi connectivity index (χ4v) is 6.56. The lowest BCUT2D eigenvalue weighted by Gasteiger charge is -2.09. The molecule has 5 aromatic heterocycles. The number of furan rings is 1. The molecule has 5 heterocycles. The highest BCUT2D eigenvalue weighted by atomic mass is 32.1. The highest BCUT2D eigenvalue weighted by Gasteiger charge is 2.17. The van der Waals surface area contributed by atoms with Crippen LogP contribution in [0.4, 0.5) is 0 Å². The standard InChI is InChI=1S/C35H22N4OS/c1-20-6-10-28-26(16-20)34-30(4-2-14-36-34)38(28)21-7-12-32-24(17-21)25-18-22(8-13-33(25)40-32)39-29-11-9-23(41)19-27(29)35-31(39)5-3-15-37-35/h2-19,41H,1H3. The van der Waals surface area contributed by atoms with Gasteiger partial charge in [-0.2, -0.15) is 0 Å². The molecule has 0 amide bonds. The second kappa shape index (κ2) is 8.22. The predicted octanol–water partition coefficient (Wildman–Crippen LogP) is 9.17. The SMILES string of the molecule is Cc1ccc2c(c1)c1ncccc1n2-c1ccc2oc3ccc(-n4c5ccc(S)cc5c5ncccc54)cc3c2c1. The number of pyridine rings is 2. The first-order valence-electron chi connectivity index (χ1n) is 13.5. The van der Waals surface area contributed by atoms with Crippen LogP contribution in [0.3, 0.4) is 0 Å². The first-order valence-corrected chi connectivity index (χ1v) is 14.0. The van der Waals surface area contributed by atoms with E-state index in [1.807, 2.05) is 30.6 Å². The number of rotatable bonds is 2. The zero-order valence-electron chi connectivity index (χ0n) is 22.0. The van der Waals surface area contributed by atoms with Crippen LogP contribution in [0.2, 0.25) is 0 Å². The maximum absolute atomic E-state index is 6.33. The molecule has 0 unspecified atom stereocenters. The average Bonchev–Trinajstić information content (AvgIpc) is 3.64. The second-order valence-electron chi connectivity index (χ2n) is 10.6. The van der Waals surface area contributed by atoms with Crippen molar-refractivity contribution in [1.82, 2.24) is 19.1 Å². The molecule has 4 aromatic carbocycles. The van der Waals surface area contributed by atoms with Gasteiger partial charge in [0.05, 0.1) is 33.1 Å². The number of nitrogens with zero attached hydrogens (tertiary/aromatic N) is 4. The van der Waals surface area contributed by atoms with Crippen molar-refractivity contribution in [3.63, 3.8) is 0 Å². The van der Waals surface area contributed by atoms with Gasteiger partial charge in [-0.1, -0.05) is 11.6 Å². The van der Waals surface area contributed by atoms with Crippen LogP contribution in [0.5, 0.6) is 0 Å². The van der Waals surface area contributed by atoms with Gasteiger partial charge in [0, 0.05) is 50.2 Å². The molecule has 194 valence electrons. The Morgan fingerprint density at radius 1 is 0.561 bits per heavy atom. The molecule has 41 heavy (non-hydrogen) atoms. The molecule has 0 radical (unpaired) electrons. The Balaban J connectivity index is 1.31. The van der Waals surface area contributed by atoms with Crippen molar-refractivity contribution in [1.29, 1.82) is 0 Å². The van der Waals surface area contributed by atoms with Crippen LogP contribution in [0, 0.1) is 6.92 Å². The van der Waals surface area contributed by atoms with Gasteiger partial charge in [-0.05, 0) is 97.9 Å². The van der Waals surface area contributed by atoms with Crippen LogP contribution in [0.1, 0.15) is 5.56 Å². The smallest absolute Gasteiger partial charge is 0.135 e. The van der Waals surface area contributed by atoms with Gasteiger partial charge in [-0.15, -0.1) is 12.6 Å². The van der Waals surface area contributed by atoms with Gasteiger partial charge >= 0.3 is 0 Å². The van der Waals surface area contributed by atoms with Crippen molar-refractivity contribution in [2.75, 3.05) is 0 Å². The molecule has 0 aliphatic heterocycles. The highest BCUT2D eigenvalue weighted by molar-refractivity contribution is 7.80. The molecule has 0 N–H and O–H groups in total. The van der Waals surface area contributed by atoms with E-state index < -0.39 is 0 Å². The Kier molecular flexibility index (Phi) is 4.56. The second-order valence-corrected chi connectivity index (χ2v) is 11.1. The summed E-state index contributed by atoms with van der Waals surface area (Å²) < 4.78 is 10.9. The Morgan fingerprint density at radius 3 is 1.73 bits per heavy atom. The summed E-state index contributed by atoms with van der Waals surface area (Å²) in [5.74, 6) is 0. The fraction of sp³-hybridized carbons (Fsp3) is 0.0286. The summed E-state index contributed by atoms with van der Waals surface area (Å²) in [5, 5.41) is 4.38. The Bertz CT molecular complexity index is 2340. The van der Waals surface area contributed by atoms with Crippen LogP contribution in [0.25, 0.3) is 77.2 Å². The number of aryl methyl sites for hydroxylation is 1. The van der Waals surface area contributed by atoms with Gasteiger partial charge in [-0.25, -0.2) is 0 Å². The van der Waals surface area contributed by atoms with Crippen molar-refractivity contribution in [2.45, 2.75) is 11.8 Å². The lowest BCUT2D eigenvalue weighted by Crippen LogP contribution is -1.94. The molecule has 0 saturated carbocycles. The Hall–Kier alpha value is -5.07. The Morgan fingerprint density at radius 2 is 1.12 bits per heavy atom. The maximum Gasteiger partial charge on any atom is 0.135 e. The molecular formula is C35H22N4OS. The minimum atomic E-state index is 0.858. The predicted molar refractivity (Wildman–Crippen MR) is 170 cm³/mol. The summed E-state index contributed by atoms with van der Waals surface area (Å²) in [4.78, 5) is 10.4. The third-order valence-electron chi connectivity index (χ3n) is 8.13. The zero-order valence-corrected chi connectivity index (χ0v) is 22.9. The topological polar surface area (TPSA) is 48.8 Å². The highest BCUT2D eigenvalue weighted by Crippen LogP contribution is 2.37. The molecular weight excluding hydrogens is 524 g/mol. The van der Waals surface area contributed by atoms with E-state index in [1.165, 1.54) is 5.56 Å². The molecule has 5 nitrogen and oxygen atoms in total. The fourth-order valence-electron chi connectivity index (χ4n) is 6.36. The van der Waals surface area contributed by atoms with Gasteiger partial charge in [0.25, 0.3) is 0 Å². The van der Waals surface area contributed by atoms with Gasteiger partial charge in [0.1, 0.15) is 11.2 Å². The molecule has 0 saturated heterocycles. The number of hydrogen-bond donors (Lipinski definition) is 1. The van der Waals surface area contributed by atoms with E-state index >= 15 is 0 Å². The summed E-state index contributed by atoms with van der Waals surface area (Å²) in [6.45, 7) is 2.12. The summed E-state index contributed by atoms with van der Waals surface area (Å²) in [7, 11) is 0. The molecule has 0 bridgehead atoms. The van der Waals surface area contributed by atoms with E-state index in [4.69, 9.17) is 14.4 Å². The lowest BCUT2D eigenvalue weighted by molar-refractivity contribution is 0.669. The third-order valence-corrected chi connectivity index (χ3v) is 8.41. The van der Waals surface area contributed by atoms with Gasteiger partial charge in [0.2, 0.25) is 0 Å². The Labute approximate surface area is 239 Å². The summed E-state index contributed by atoms with van der Waals surface area (Å²) in [6.07, 6.45) is 3.71. The van der Waals surface area contributed by atoms with E-state index in [9.17, 15) is 0 Å². The first kappa shape index (κ1) is 22.7. The number of thiol groups is 1. The van der Waals surface area contributed by atoms with E-state index in [2.05, 4.69) is 108 Å². The van der Waals surface area contributed by atoms with E-state index in [0.29, 0.717) is 0 Å². The number of aromatic nitrogens is 4. The molecule has 0 atom stereocenters. The number of fused-ring (bicyclic) bond motifs is 9. The average molecular weight is 547 g/mol. The van der Waals surface area contributed by atoms with Crippen LogP contribution < -0.4 is 0 Å². The van der Waals surface area contributed by atoms with E-state index in [1.54, 1.807) is 0 Å². The van der Waals surface area contributed by atoms with Crippen molar-refractivity contribution in [3.05, 3.63) is 115 Å². The van der Waals surface area contributed by atoms with Crippen molar-refractivity contribution < 1.29 is 4.42 Å².